The van der Waals surface area contributed by atoms with Crippen LogP contribution in [0.3, 0.4) is 0 Å². The van der Waals surface area contributed by atoms with Crippen molar-refractivity contribution in [3.63, 3.8) is 0 Å². The zero-order valence-corrected chi connectivity index (χ0v) is 9.21. The van der Waals surface area contributed by atoms with E-state index in [0.29, 0.717) is 10.4 Å². The quantitative estimate of drug-likeness (QED) is 0.758. The Labute approximate surface area is 87.3 Å². The summed E-state index contributed by atoms with van der Waals surface area (Å²) in [5, 5.41) is 0.898. The van der Waals surface area contributed by atoms with Crippen LogP contribution in [0, 0.1) is 5.82 Å². The Kier molecular flexibility index (Phi) is 2.26. The van der Waals surface area contributed by atoms with E-state index in [1.165, 1.54) is 18.4 Å². The van der Waals surface area contributed by atoms with Gasteiger partial charge in [-0.15, -0.1) is 11.3 Å². The SMILES string of the molecule is COc1ccc2cc(Br)sc2c1F. The van der Waals surface area contributed by atoms with Crippen molar-refractivity contribution in [2.24, 2.45) is 0 Å². The number of hydrogen-bond donors (Lipinski definition) is 0. The van der Waals surface area contributed by atoms with Crippen molar-refractivity contribution >= 4 is 37.4 Å². The molecule has 0 atom stereocenters. The molecule has 0 saturated carbocycles. The average Bonchev–Trinajstić information content (AvgIpc) is 2.47. The fraction of sp³-hybridized carbons (Fsp3) is 0.111. The molecule has 0 aliphatic rings. The summed E-state index contributed by atoms with van der Waals surface area (Å²) in [6, 6.07) is 5.37. The van der Waals surface area contributed by atoms with Gasteiger partial charge in [-0.25, -0.2) is 4.39 Å². The zero-order chi connectivity index (χ0) is 9.42. The number of halogens is 2. The Morgan fingerprint density at radius 1 is 1.46 bits per heavy atom. The third-order valence-electron chi connectivity index (χ3n) is 1.78. The molecule has 0 unspecified atom stereocenters. The van der Waals surface area contributed by atoms with Crippen LogP contribution in [0.15, 0.2) is 22.0 Å². The highest BCUT2D eigenvalue weighted by Gasteiger charge is 2.09. The molecule has 2 rings (SSSR count). The first-order chi connectivity index (χ1) is 6.22. The van der Waals surface area contributed by atoms with Crippen LogP contribution in [0.4, 0.5) is 4.39 Å². The zero-order valence-electron chi connectivity index (χ0n) is 6.80. The monoisotopic (exact) mass is 260 g/mol. The van der Waals surface area contributed by atoms with Gasteiger partial charge in [0.2, 0.25) is 0 Å². The van der Waals surface area contributed by atoms with Gasteiger partial charge in [0.05, 0.1) is 15.6 Å². The lowest BCUT2D eigenvalue weighted by Crippen LogP contribution is -1.86. The van der Waals surface area contributed by atoms with Crippen molar-refractivity contribution in [2.45, 2.75) is 0 Å². The van der Waals surface area contributed by atoms with E-state index in [0.717, 1.165) is 9.17 Å². The summed E-state index contributed by atoms with van der Waals surface area (Å²) in [6.07, 6.45) is 0. The molecule has 1 heterocycles. The smallest absolute Gasteiger partial charge is 0.182 e. The molecule has 0 amide bonds. The lowest BCUT2D eigenvalue weighted by molar-refractivity contribution is 0.389. The fourth-order valence-corrected chi connectivity index (χ4v) is 2.73. The summed E-state index contributed by atoms with van der Waals surface area (Å²) >= 11 is 4.69. The van der Waals surface area contributed by atoms with Gasteiger partial charge < -0.3 is 4.74 Å². The normalized spacial score (nSPS) is 10.7. The van der Waals surface area contributed by atoms with Gasteiger partial charge in [-0.1, -0.05) is 0 Å². The maximum Gasteiger partial charge on any atom is 0.182 e. The molecular weight excluding hydrogens is 255 g/mol. The van der Waals surface area contributed by atoms with Gasteiger partial charge in [-0.3, -0.25) is 0 Å². The van der Waals surface area contributed by atoms with E-state index in [-0.39, 0.29) is 5.82 Å². The molecule has 1 nitrogen and oxygen atoms in total. The Balaban J connectivity index is 2.78. The highest BCUT2D eigenvalue weighted by molar-refractivity contribution is 9.11. The van der Waals surface area contributed by atoms with E-state index >= 15 is 0 Å². The van der Waals surface area contributed by atoms with Crippen LogP contribution < -0.4 is 4.74 Å². The summed E-state index contributed by atoms with van der Waals surface area (Å²) in [4.78, 5) is 0. The van der Waals surface area contributed by atoms with Gasteiger partial charge >= 0.3 is 0 Å². The molecule has 0 aliphatic heterocycles. The second kappa shape index (κ2) is 3.27. The Morgan fingerprint density at radius 3 is 2.92 bits per heavy atom. The van der Waals surface area contributed by atoms with Crippen LogP contribution in [-0.2, 0) is 0 Å². The standard InChI is InChI=1S/C9H6BrFOS/c1-12-6-3-2-5-4-7(10)13-9(5)8(6)11/h2-4H,1H3. The van der Waals surface area contributed by atoms with E-state index in [2.05, 4.69) is 15.9 Å². The first-order valence-corrected chi connectivity index (χ1v) is 5.25. The minimum atomic E-state index is -0.282. The second-order valence-electron chi connectivity index (χ2n) is 2.55. The van der Waals surface area contributed by atoms with Crippen LogP contribution in [0.2, 0.25) is 0 Å². The minimum absolute atomic E-state index is 0.282. The summed E-state index contributed by atoms with van der Waals surface area (Å²) < 4.78 is 20.0. The lowest BCUT2D eigenvalue weighted by atomic mass is 10.2. The molecule has 1 aromatic carbocycles. The minimum Gasteiger partial charge on any atom is -0.494 e. The van der Waals surface area contributed by atoms with Crippen molar-refractivity contribution in [3.8, 4) is 5.75 Å². The summed E-state index contributed by atoms with van der Waals surface area (Å²) in [5.41, 5.74) is 0. The van der Waals surface area contributed by atoms with Gasteiger partial charge in [0.1, 0.15) is 0 Å². The predicted octanol–water partition coefficient (Wildman–Crippen LogP) is 3.81. The summed E-state index contributed by atoms with van der Waals surface area (Å²) in [5.74, 6) is 0.0116. The Bertz CT molecular complexity index is 452. The van der Waals surface area contributed by atoms with Crippen LogP contribution in [-0.4, -0.2) is 7.11 Å². The van der Waals surface area contributed by atoms with Gasteiger partial charge in [-0.2, -0.15) is 0 Å². The van der Waals surface area contributed by atoms with Crippen LogP contribution in [0.5, 0.6) is 5.75 Å². The average molecular weight is 261 g/mol. The third kappa shape index (κ3) is 1.44. The second-order valence-corrected chi connectivity index (χ2v) is 4.98. The Hall–Kier alpha value is -0.610. The highest BCUT2D eigenvalue weighted by Crippen LogP contribution is 2.35. The number of fused-ring (bicyclic) bond motifs is 1. The molecule has 0 fully saturated rings. The Morgan fingerprint density at radius 2 is 2.23 bits per heavy atom. The van der Waals surface area contributed by atoms with E-state index in [1.54, 1.807) is 6.07 Å². The number of hydrogen-bond acceptors (Lipinski definition) is 2. The molecule has 0 spiro atoms. The third-order valence-corrected chi connectivity index (χ3v) is 3.43. The molecule has 4 heteroatoms. The molecular formula is C9H6BrFOS. The van der Waals surface area contributed by atoms with Crippen molar-refractivity contribution < 1.29 is 9.13 Å². The van der Waals surface area contributed by atoms with Crippen molar-refractivity contribution in [1.29, 1.82) is 0 Å². The molecule has 68 valence electrons. The van der Waals surface area contributed by atoms with E-state index in [4.69, 9.17) is 4.74 Å². The van der Waals surface area contributed by atoms with Gasteiger partial charge in [0, 0.05) is 0 Å². The van der Waals surface area contributed by atoms with Crippen LogP contribution in [0.25, 0.3) is 10.1 Å². The van der Waals surface area contributed by atoms with Gasteiger partial charge in [-0.05, 0) is 39.5 Å². The molecule has 0 N–H and O–H groups in total. The van der Waals surface area contributed by atoms with E-state index in [9.17, 15) is 4.39 Å². The molecule has 0 aliphatic carbocycles. The first-order valence-electron chi connectivity index (χ1n) is 3.64. The first kappa shape index (κ1) is 8.97. The van der Waals surface area contributed by atoms with Gasteiger partial charge in [0.25, 0.3) is 0 Å². The molecule has 13 heavy (non-hydrogen) atoms. The maximum atomic E-state index is 13.5. The van der Waals surface area contributed by atoms with Gasteiger partial charge in [0.15, 0.2) is 11.6 Å². The van der Waals surface area contributed by atoms with Crippen LogP contribution >= 0.6 is 27.3 Å². The number of thiophene rings is 1. The number of ether oxygens (including phenoxy) is 1. The lowest BCUT2D eigenvalue weighted by Gasteiger charge is -2.00. The van der Waals surface area contributed by atoms with Crippen molar-refractivity contribution in [2.75, 3.05) is 7.11 Å². The number of rotatable bonds is 1. The predicted molar refractivity (Wildman–Crippen MR) is 56.0 cm³/mol. The van der Waals surface area contributed by atoms with Crippen molar-refractivity contribution in [1.82, 2.24) is 0 Å². The molecule has 0 radical (unpaired) electrons. The van der Waals surface area contributed by atoms with Crippen molar-refractivity contribution in [3.05, 3.63) is 27.8 Å². The number of benzene rings is 1. The largest absolute Gasteiger partial charge is 0.494 e. The van der Waals surface area contributed by atoms with Crippen LogP contribution in [0.1, 0.15) is 0 Å². The molecule has 0 saturated heterocycles. The van der Waals surface area contributed by atoms with E-state index in [1.807, 2.05) is 12.1 Å². The summed E-state index contributed by atoms with van der Waals surface area (Å²) in [7, 11) is 1.47. The number of methoxy groups -OCH3 is 1. The highest BCUT2D eigenvalue weighted by atomic mass is 79.9. The molecule has 2 aromatic rings. The molecule has 0 bridgehead atoms. The van der Waals surface area contributed by atoms with E-state index < -0.39 is 0 Å². The fourth-order valence-electron chi connectivity index (χ4n) is 1.18. The topological polar surface area (TPSA) is 9.23 Å². The molecule has 1 aromatic heterocycles. The summed E-state index contributed by atoms with van der Waals surface area (Å²) in [6.45, 7) is 0. The maximum absolute atomic E-state index is 13.5.